The van der Waals surface area contributed by atoms with Crippen LogP contribution in [0.4, 0.5) is 0 Å². The van der Waals surface area contributed by atoms with Crippen molar-refractivity contribution in [3.05, 3.63) is 18.1 Å². The van der Waals surface area contributed by atoms with Crippen LogP contribution in [0.2, 0.25) is 0 Å². The van der Waals surface area contributed by atoms with Gasteiger partial charge in [-0.3, -0.25) is 0 Å². The number of hydrogen-bond acceptors (Lipinski definition) is 3. The Morgan fingerprint density at radius 1 is 1.58 bits per heavy atom. The third-order valence-corrected chi connectivity index (χ3v) is 1.95. The van der Waals surface area contributed by atoms with Gasteiger partial charge in [0.05, 0.1) is 5.52 Å². The molecule has 0 fully saturated rings. The number of thiol groups is 1. The topological polar surface area (TPSA) is 41.6 Å². The Bertz CT molecular complexity index is 408. The molecule has 0 atom stereocenters. The van der Waals surface area contributed by atoms with Gasteiger partial charge in [0.15, 0.2) is 5.65 Å². The minimum Gasteiger partial charge on any atom is -0.341 e. The molecule has 0 amide bonds. The van der Waals surface area contributed by atoms with E-state index in [0.717, 1.165) is 28.3 Å². The molecule has 4 heteroatoms. The lowest BCUT2D eigenvalue weighted by Crippen LogP contribution is -1.80. The van der Waals surface area contributed by atoms with Crippen molar-refractivity contribution in [1.82, 2.24) is 15.0 Å². The average molecular weight is 179 g/mol. The summed E-state index contributed by atoms with van der Waals surface area (Å²) in [5, 5.41) is 0. The zero-order valence-corrected chi connectivity index (χ0v) is 7.60. The number of aromatic amines is 1. The first-order valence-corrected chi connectivity index (χ1v) is 4.28. The first-order chi connectivity index (χ1) is 5.79. The molecule has 3 nitrogen and oxygen atoms in total. The zero-order valence-electron chi connectivity index (χ0n) is 6.70. The summed E-state index contributed by atoms with van der Waals surface area (Å²) in [4.78, 5) is 12.4. The Balaban J connectivity index is 2.67. The van der Waals surface area contributed by atoms with Crippen molar-refractivity contribution in [2.75, 3.05) is 0 Å². The lowest BCUT2D eigenvalue weighted by molar-refractivity contribution is 0.997. The zero-order chi connectivity index (χ0) is 8.55. The number of nitrogens with zero attached hydrogens (tertiary/aromatic N) is 2. The highest BCUT2D eigenvalue weighted by molar-refractivity contribution is 7.80. The summed E-state index contributed by atoms with van der Waals surface area (Å²) in [6.45, 7) is 2.05. The monoisotopic (exact) mass is 179 g/mol. The van der Waals surface area contributed by atoms with E-state index in [0.29, 0.717) is 0 Å². The molecule has 0 unspecified atom stereocenters. The lowest BCUT2D eigenvalue weighted by atomic mass is 10.4. The summed E-state index contributed by atoms with van der Waals surface area (Å²) < 4.78 is 0. The van der Waals surface area contributed by atoms with Crippen molar-refractivity contribution < 1.29 is 0 Å². The second-order valence-electron chi connectivity index (χ2n) is 2.60. The van der Waals surface area contributed by atoms with Crippen LogP contribution in [0.25, 0.3) is 11.2 Å². The molecule has 0 aliphatic rings. The Labute approximate surface area is 75.6 Å². The molecule has 0 aliphatic carbocycles. The van der Waals surface area contributed by atoms with Gasteiger partial charge in [-0.15, -0.1) is 12.6 Å². The Hall–Kier alpha value is -1.03. The van der Waals surface area contributed by atoms with Crippen LogP contribution < -0.4 is 0 Å². The van der Waals surface area contributed by atoms with Gasteiger partial charge >= 0.3 is 0 Å². The predicted octanol–water partition coefficient (Wildman–Crippen LogP) is 1.81. The Kier molecular flexibility index (Phi) is 1.77. The third-order valence-electron chi connectivity index (χ3n) is 1.71. The maximum Gasteiger partial charge on any atom is 0.177 e. The van der Waals surface area contributed by atoms with E-state index in [2.05, 4.69) is 34.5 Å². The summed E-state index contributed by atoms with van der Waals surface area (Å²) in [6, 6.07) is 1.93. The first kappa shape index (κ1) is 7.61. The second kappa shape index (κ2) is 2.79. The van der Waals surface area contributed by atoms with Crippen LogP contribution in [0.5, 0.6) is 0 Å². The van der Waals surface area contributed by atoms with Crippen molar-refractivity contribution in [3.63, 3.8) is 0 Å². The minimum atomic E-state index is 0.768. The molecular formula is C8H9N3S. The van der Waals surface area contributed by atoms with E-state index in [9.17, 15) is 0 Å². The normalized spacial score (nSPS) is 10.8. The van der Waals surface area contributed by atoms with Gasteiger partial charge in [-0.25, -0.2) is 9.97 Å². The van der Waals surface area contributed by atoms with E-state index in [1.54, 1.807) is 6.20 Å². The fraction of sp³-hybridized carbons (Fsp3) is 0.250. The minimum absolute atomic E-state index is 0.768. The highest BCUT2D eigenvalue weighted by Gasteiger charge is 2.01. The average Bonchev–Trinajstić information content (AvgIpc) is 2.46. The molecule has 0 saturated carbocycles. The van der Waals surface area contributed by atoms with Crippen molar-refractivity contribution in [3.8, 4) is 0 Å². The van der Waals surface area contributed by atoms with Gasteiger partial charge < -0.3 is 4.98 Å². The van der Waals surface area contributed by atoms with Crippen LogP contribution in [-0.2, 0) is 6.42 Å². The number of aryl methyl sites for hydroxylation is 1. The van der Waals surface area contributed by atoms with E-state index in [-0.39, 0.29) is 0 Å². The van der Waals surface area contributed by atoms with Crippen LogP contribution in [0.3, 0.4) is 0 Å². The molecular weight excluding hydrogens is 170 g/mol. The molecule has 62 valence electrons. The van der Waals surface area contributed by atoms with Crippen LogP contribution >= 0.6 is 12.6 Å². The first-order valence-electron chi connectivity index (χ1n) is 3.83. The summed E-state index contributed by atoms with van der Waals surface area (Å²) >= 11 is 4.19. The summed E-state index contributed by atoms with van der Waals surface area (Å²) in [5.74, 6) is 0.969. The second-order valence-corrected chi connectivity index (χ2v) is 3.12. The number of pyridine rings is 1. The maximum absolute atomic E-state index is 4.27. The van der Waals surface area contributed by atoms with Crippen LogP contribution in [0.1, 0.15) is 12.7 Å². The maximum atomic E-state index is 4.27. The number of nitrogens with one attached hydrogen (secondary N) is 1. The van der Waals surface area contributed by atoms with Crippen molar-refractivity contribution in [1.29, 1.82) is 0 Å². The largest absolute Gasteiger partial charge is 0.341 e. The number of H-pyrrole nitrogens is 1. The molecule has 0 aliphatic heterocycles. The van der Waals surface area contributed by atoms with E-state index < -0.39 is 0 Å². The molecule has 2 heterocycles. The van der Waals surface area contributed by atoms with E-state index in [1.165, 1.54) is 0 Å². The standard InChI is InChI=1S/C8H9N3S/c1-2-7-10-6-3-5(12)4-9-8(6)11-7/h3-4,12H,2H2,1H3,(H,9,10,11). The van der Waals surface area contributed by atoms with Crippen LogP contribution in [0, 0.1) is 0 Å². The Morgan fingerprint density at radius 3 is 3.17 bits per heavy atom. The number of rotatable bonds is 1. The molecule has 2 rings (SSSR count). The van der Waals surface area contributed by atoms with E-state index in [4.69, 9.17) is 0 Å². The van der Waals surface area contributed by atoms with Crippen molar-refractivity contribution >= 4 is 23.8 Å². The van der Waals surface area contributed by atoms with Gasteiger partial charge in [0.2, 0.25) is 0 Å². The summed E-state index contributed by atoms with van der Waals surface area (Å²) in [5.41, 5.74) is 1.73. The molecule has 0 radical (unpaired) electrons. The molecule has 2 aromatic rings. The van der Waals surface area contributed by atoms with Crippen molar-refractivity contribution in [2.24, 2.45) is 0 Å². The number of imidazole rings is 1. The van der Waals surface area contributed by atoms with E-state index in [1.807, 2.05) is 6.07 Å². The summed E-state index contributed by atoms with van der Waals surface area (Å²) in [6.07, 6.45) is 2.60. The van der Waals surface area contributed by atoms with Crippen LogP contribution in [0.15, 0.2) is 17.2 Å². The smallest absolute Gasteiger partial charge is 0.177 e. The quantitative estimate of drug-likeness (QED) is 0.655. The predicted molar refractivity (Wildman–Crippen MR) is 50.5 cm³/mol. The third kappa shape index (κ3) is 1.18. The summed E-state index contributed by atoms with van der Waals surface area (Å²) in [7, 11) is 0. The number of aromatic nitrogens is 3. The fourth-order valence-electron chi connectivity index (χ4n) is 1.11. The van der Waals surface area contributed by atoms with Crippen molar-refractivity contribution in [2.45, 2.75) is 18.2 Å². The van der Waals surface area contributed by atoms with Gasteiger partial charge in [0.1, 0.15) is 5.82 Å². The number of fused-ring (bicyclic) bond motifs is 1. The number of hydrogen-bond donors (Lipinski definition) is 2. The molecule has 2 aromatic heterocycles. The molecule has 0 saturated heterocycles. The highest BCUT2D eigenvalue weighted by atomic mass is 32.1. The molecule has 0 bridgehead atoms. The SMILES string of the molecule is CCc1nc2ncc(S)cc2[nH]1. The van der Waals surface area contributed by atoms with E-state index >= 15 is 0 Å². The molecule has 0 spiro atoms. The Morgan fingerprint density at radius 2 is 2.42 bits per heavy atom. The van der Waals surface area contributed by atoms with Gasteiger partial charge in [0, 0.05) is 17.5 Å². The fourth-order valence-corrected chi connectivity index (χ4v) is 1.29. The molecule has 0 aromatic carbocycles. The van der Waals surface area contributed by atoms with Crippen LogP contribution in [-0.4, -0.2) is 15.0 Å². The van der Waals surface area contributed by atoms with Gasteiger partial charge in [0.25, 0.3) is 0 Å². The van der Waals surface area contributed by atoms with Gasteiger partial charge in [-0.1, -0.05) is 6.92 Å². The van der Waals surface area contributed by atoms with Gasteiger partial charge in [-0.05, 0) is 6.07 Å². The molecule has 12 heavy (non-hydrogen) atoms. The van der Waals surface area contributed by atoms with Gasteiger partial charge in [-0.2, -0.15) is 0 Å². The lowest BCUT2D eigenvalue weighted by Gasteiger charge is -1.87. The highest BCUT2D eigenvalue weighted by Crippen LogP contribution is 2.12. The molecule has 1 N–H and O–H groups in total.